The summed E-state index contributed by atoms with van der Waals surface area (Å²) in [5.41, 5.74) is 2.42. The van der Waals surface area contributed by atoms with E-state index in [0.29, 0.717) is 5.92 Å². The third-order valence-electron chi connectivity index (χ3n) is 3.06. The van der Waals surface area contributed by atoms with Crippen molar-refractivity contribution in [3.8, 4) is 0 Å². The maximum Gasteiger partial charge on any atom is 0.101 e. The van der Waals surface area contributed by atoms with Gasteiger partial charge in [0.2, 0.25) is 0 Å². The van der Waals surface area contributed by atoms with Crippen molar-refractivity contribution in [1.82, 2.24) is 10.3 Å². The molecule has 0 saturated heterocycles. The molecule has 0 atom stereocenters. The maximum absolute atomic E-state index is 4.85. The summed E-state index contributed by atoms with van der Waals surface area (Å²) in [5, 5.41) is 5.90. The van der Waals surface area contributed by atoms with E-state index in [1.54, 1.807) is 0 Å². The predicted octanol–water partition coefficient (Wildman–Crippen LogP) is 4.48. The molecule has 1 heterocycles. The lowest BCUT2D eigenvalue weighted by molar-refractivity contribution is 0.666. The summed E-state index contributed by atoms with van der Waals surface area (Å²) in [6, 6.07) is 10.7. The van der Waals surface area contributed by atoms with Gasteiger partial charge in [0.15, 0.2) is 0 Å². The molecule has 0 amide bonds. The van der Waals surface area contributed by atoms with Crippen molar-refractivity contribution >= 4 is 22.7 Å². The number of para-hydroxylation sites is 1. The topological polar surface area (TPSA) is 24.9 Å². The van der Waals surface area contributed by atoms with Crippen LogP contribution in [0.3, 0.4) is 0 Å². The Kier molecular flexibility index (Phi) is 5.86. The Labute approximate surface area is 126 Å². The maximum atomic E-state index is 4.85. The summed E-state index contributed by atoms with van der Waals surface area (Å²) in [6.07, 6.45) is 1.16. The van der Waals surface area contributed by atoms with Gasteiger partial charge >= 0.3 is 0 Å². The van der Waals surface area contributed by atoms with Gasteiger partial charge in [0.05, 0.1) is 5.52 Å². The van der Waals surface area contributed by atoms with Gasteiger partial charge in [-0.1, -0.05) is 39.0 Å². The first-order chi connectivity index (χ1) is 9.70. The fourth-order valence-corrected chi connectivity index (χ4v) is 3.01. The van der Waals surface area contributed by atoms with E-state index in [1.807, 2.05) is 11.8 Å². The van der Waals surface area contributed by atoms with Gasteiger partial charge in [-0.15, -0.1) is 11.8 Å². The highest BCUT2D eigenvalue weighted by molar-refractivity contribution is 7.99. The lowest BCUT2D eigenvalue weighted by Gasteiger charge is -2.12. The van der Waals surface area contributed by atoms with Gasteiger partial charge in [-0.3, -0.25) is 0 Å². The van der Waals surface area contributed by atoms with Gasteiger partial charge < -0.3 is 5.32 Å². The first-order valence-electron chi connectivity index (χ1n) is 7.43. The van der Waals surface area contributed by atoms with Gasteiger partial charge in [0.25, 0.3) is 0 Å². The van der Waals surface area contributed by atoms with Gasteiger partial charge in [-0.25, -0.2) is 4.98 Å². The van der Waals surface area contributed by atoms with Crippen LogP contribution in [0.15, 0.2) is 35.4 Å². The van der Waals surface area contributed by atoms with Gasteiger partial charge in [0, 0.05) is 17.7 Å². The largest absolute Gasteiger partial charge is 0.313 e. The number of rotatable bonds is 7. The normalized spacial score (nSPS) is 11.4. The van der Waals surface area contributed by atoms with Crippen LogP contribution in [0.25, 0.3) is 10.9 Å². The summed E-state index contributed by atoms with van der Waals surface area (Å²) in [6.45, 7) is 8.67. The molecule has 3 heteroatoms. The second-order valence-electron chi connectivity index (χ2n) is 5.53. The van der Waals surface area contributed by atoms with E-state index >= 15 is 0 Å². The summed E-state index contributed by atoms with van der Waals surface area (Å²) in [4.78, 5) is 4.85. The molecule has 1 aromatic heterocycles. The molecule has 0 aliphatic rings. The average molecular weight is 288 g/mol. The number of pyridine rings is 1. The molecule has 0 radical (unpaired) electrons. The molecular formula is C17H24N2S. The molecule has 2 nitrogen and oxygen atoms in total. The number of nitrogens with one attached hydrogen (secondary N) is 1. The molecule has 0 spiro atoms. The molecule has 1 N–H and O–H groups in total. The molecule has 0 aliphatic heterocycles. The Balaban J connectivity index is 2.26. The summed E-state index contributed by atoms with van der Waals surface area (Å²) in [7, 11) is 0. The molecule has 1 aromatic carbocycles. The zero-order chi connectivity index (χ0) is 14.4. The summed E-state index contributed by atoms with van der Waals surface area (Å²) < 4.78 is 0. The lowest BCUT2D eigenvalue weighted by Crippen LogP contribution is -2.15. The molecule has 2 rings (SSSR count). The van der Waals surface area contributed by atoms with Crippen LogP contribution in [0.1, 0.15) is 32.8 Å². The number of benzene rings is 1. The van der Waals surface area contributed by atoms with Crippen LogP contribution in [-0.4, -0.2) is 17.3 Å². The van der Waals surface area contributed by atoms with Crippen LogP contribution in [-0.2, 0) is 6.54 Å². The zero-order valence-electron chi connectivity index (χ0n) is 12.6. The average Bonchev–Trinajstić information content (AvgIpc) is 2.45. The minimum absolute atomic E-state index is 0.685. The highest BCUT2D eigenvalue weighted by Gasteiger charge is 2.08. The fraction of sp³-hybridized carbons (Fsp3) is 0.471. The second-order valence-corrected chi connectivity index (χ2v) is 6.54. The third-order valence-corrected chi connectivity index (χ3v) is 4.52. The number of hydrogen-bond donors (Lipinski definition) is 1. The molecule has 2 aromatic rings. The van der Waals surface area contributed by atoms with Crippen LogP contribution < -0.4 is 5.32 Å². The zero-order valence-corrected chi connectivity index (χ0v) is 13.5. The highest BCUT2D eigenvalue weighted by Crippen LogP contribution is 2.26. The van der Waals surface area contributed by atoms with E-state index in [2.05, 4.69) is 56.4 Å². The molecule has 108 valence electrons. The molecule has 0 saturated carbocycles. The standard InChI is InChI=1S/C17H24N2S/c1-4-9-18-11-15-10-14-7-5-6-8-16(14)19-17(15)20-12-13(2)3/h5-8,10,13,18H,4,9,11-12H2,1-3H3. The molecule has 20 heavy (non-hydrogen) atoms. The first kappa shape index (κ1) is 15.3. The number of thioether (sulfide) groups is 1. The van der Waals surface area contributed by atoms with Gasteiger partial charge in [-0.2, -0.15) is 0 Å². The molecule has 0 fully saturated rings. The molecule has 0 bridgehead atoms. The Morgan fingerprint density at radius 1 is 1.25 bits per heavy atom. The van der Waals surface area contributed by atoms with E-state index in [-0.39, 0.29) is 0 Å². The SMILES string of the molecule is CCCNCc1cc2ccccc2nc1SCC(C)C. The van der Waals surface area contributed by atoms with Crippen molar-refractivity contribution < 1.29 is 0 Å². The Bertz CT molecular complexity index is 552. The summed E-state index contributed by atoms with van der Waals surface area (Å²) >= 11 is 1.88. The predicted molar refractivity (Wildman–Crippen MR) is 89.3 cm³/mol. The van der Waals surface area contributed by atoms with Crippen molar-refractivity contribution in [2.75, 3.05) is 12.3 Å². The van der Waals surface area contributed by atoms with E-state index in [4.69, 9.17) is 4.98 Å². The van der Waals surface area contributed by atoms with E-state index in [0.717, 1.165) is 30.8 Å². The van der Waals surface area contributed by atoms with Crippen molar-refractivity contribution in [3.63, 3.8) is 0 Å². The third kappa shape index (κ3) is 4.22. The van der Waals surface area contributed by atoms with Crippen LogP contribution >= 0.6 is 11.8 Å². The van der Waals surface area contributed by atoms with Crippen molar-refractivity contribution in [2.24, 2.45) is 5.92 Å². The van der Waals surface area contributed by atoms with Crippen LogP contribution in [0.2, 0.25) is 0 Å². The van der Waals surface area contributed by atoms with E-state index < -0.39 is 0 Å². The monoisotopic (exact) mass is 288 g/mol. The number of aromatic nitrogens is 1. The molecule has 0 aliphatic carbocycles. The fourth-order valence-electron chi connectivity index (χ4n) is 2.04. The van der Waals surface area contributed by atoms with Crippen LogP contribution in [0.5, 0.6) is 0 Å². The minimum atomic E-state index is 0.685. The Morgan fingerprint density at radius 3 is 2.80 bits per heavy atom. The number of fused-ring (bicyclic) bond motifs is 1. The Morgan fingerprint density at radius 2 is 2.05 bits per heavy atom. The highest BCUT2D eigenvalue weighted by atomic mass is 32.2. The van der Waals surface area contributed by atoms with E-state index in [1.165, 1.54) is 16.0 Å². The van der Waals surface area contributed by atoms with Gasteiger partial charge in [0.1, 0.15) is 5.03 Å². The second kappa shape index (κ2) is 7.65. The van der Waals surface area contributed by atoms with Crippen LogP contribution in [0.4, 0.5) is 0 Å². The number of hydrogen-bond acceptors (Lipinski definition) is 3. The number of nitrogens with zero attached hydrogens (tertiary/aromatic N) is 1. The van der Waals surface area contributed by atoms with Crippen molar-refractivity contribution in [2.45, 2.75) is 38.8 Å². The lowest BCUT2D eigenvalue weighted by atomic mass is 10.1. The van der Waals surface area contributed by atoms with Crippen LogP contribution in [0, 0.1) is 5.92 Å². The smallest absolute Gasteiger partial charge is 0.101 e. The van der Waals surface area contributed by atoms with Gasteiger partial charge in [-0.05, 0) is 36.6 Å². The summed E-state index contributed by atoms with van der Waals surface area (Å²) in [5.74, 6) is 1.80. The molecule has 0 unspecified atom stereocenters. The minimum Gasteiger partial charge on any atom is -0.313 e. The van der Waals surface area contributed by atoms with Crippen molar-refractivity contribution in [3.05, 3.63) is 35.9 Å². The molecular weight excluding hydrogens is 264 g/mol. The first-order valence-corrected chi connectivity index (χ1v) is 8.41. The van der Waals surface area contributed by atoms with Crippen molar-refractivity contribution in [1.29, 1.82) is 0 Å². The quantitative estimate of drug-likeness (QED) is 0.600. The van der Waals surface area contributed by atoms with E-state index in [9.17, 15) is 0 Å². The Hall–Kier alpha value is -1.06.